The molecule has 2 N–H and O–H groups in total. The van der Waals surface area contributed by atoms with Gasteiger partial charge in [0.05, 0.1) is 17.5 Å². The van der Waals surface area contributed by atoms with Crippen molar-refractivity contribution >= 4 is 29.2 Å². The van der Waals surface area contributed by atoms with E-state index >= 15 is 0 Å². The maximum atomic E-state index is 13.6. The molecule has 0 heterocycles. The zero-order valence-electron chi connectivity index (χ0n) is 10.9. The Labute approximate surface area is 120 Å². The van der Waals surface area contributed by atoms with Crippen LogP contribution in [-0.4, -0.2) is 17.0 Å². The molecule has 1 aliphatic rings. The number of nitrogens with one attached hydrogen (secondary N) is 1. The van der Waals surface area contributed by atoms with Crippen LogP contribution in [0.25, 0.3) is 0 Å². The van der Waals surface area contributed by atoms with Gasteiger partial charge in [0.25, 0.3) is 0 Å². The number of benzene rings is 1. The summed E-state index contributed by atoms with van der Waals surface area (Å²) in [5.74, 6) is -3.24. The molecule has 6 heteroatoms. The van der Waals surface area contributed by atoms with Crippen molar-refractivity contribution in [2.24, 2.45) is 17.8 Å². The summed E-state index contributed by atoms with van der Waals surface area (Å²) >= 11 is 5.75. The highest BCUT2D eigenvalue weighted by Crippen LogP contribution is 2.37. The first-order chi connectivity index (χ1) is 9.38. The summed E-state index contributed by atoms with van der Waals surface area (Å²) in [5, 5.41) is 11.9. The second kappa shape index (κ2) is 5.79. The second-order valence-corrected chi connectivity index (χ2v) is 5.68. The molecule has 0 aliphatic heterocycles. The van der Waals surface area contributed by atoms with Crippen molar-refractivity contribution in [2.45, 2.75) is 19.8 Å². The van der Waals surface area contributed by atoms with E-state index in [0.717, 1.165) is 6.07 Å². The smallest absolute Gasteiger partial charge is 0.307 e. The van der Waals surface area contributed by atoms with Gasteiger partial charge in [0, 0.05) is 5.02 Å². The molecule has 4 nitrogen and oxygen atoms in total. The van der Waals surface area contributed by atoms with E-state index in [1.54, 1.807) is 0 Å². The minimum atomic E-state index is -0.985. The Hall–Kier alpha value is -1.62. The lowest BCUT2D eigenvalue weighted by atomic mass is 9.95. The predicted octanol–water partition coefficient (Wildman–Crippen LogP) is 3.16. The van der Waals surface area contributed by atoms with Crippen molar-refractivity contribution in [2.75, 3.05) is 5.32 Å². The molecule has 20 heavy (non-hydrogen) atoms. The topological polar surface area (TPSA) is 66.4 Å². The van der Waals surface area contributed by atoms with Gasteiger partial charge in [0.1, 0.15) is 5.82 Å². The molecule has 1 fully saturated rings. The monoisotopic (exact) mass is 299 g/mol. The number of carboxylic acids is 1. The Balaban J connectivity index is 2.15. The third kappa shape index (κ3) is 3.10. The Bertz CT molecular complexity index is 549. The zero-order chi connectivity index (χ0) is 14.9. The van der Waals surface area contributed by atoms with Gasteiger partial charge in [-0.3, -0.25) is 9.59 Å². The van der Waals surface area contributed by atoms with E-state index in [1.807, 2.05) is 6.92 Å². The van der Waals surface area contributed by atoms with E-state index < -0.39 is 29.5 Å². The number of hydrogen-bond donors (Lipinski definition) is 2. The first kappa shape index (κ1) is 14.8. The Kier molecular flexibility index (Phi) is 4.28. The molecule has 0 spiro atoms. The molecule has 1 amide bonds. The highest BCUT2D eigenvalue weighted by Gasteiger charge is 2.41. The Morgan fingerprint density at radius 1 is 1.35 bits per heavy atom. The first-order valence-corrected chi connectivity index (χ1v) is 6.75. The first-order valence-electron chi connectivity index (χ1n) is 6.37. The van der Waals surface area contributed by atoms with E-state index in [-0.39, 0.29) is 11.6 Å². The van der Waals surface area contributed by atoms with Crippen LogP contribution in [-0.2, 0) is 9.59 Å². The van der Waals surface area contributed by atoms with Crippen molar-refractivity contribution in [3.05, 3.63) is 29.0 Å². The number of carbonyl (C=O) groups is 2. The fourth-order valence-electron chi connectivity index (χ4n) is 2.67. The molecular weight excluding hydrogens is 285 g/mol. The third-order valence-corrected chi connectivity index (χ3v) is 3.87. The Morgan fingerprint density at radius 2 is 2.00 bits per heavy atom. The zero-order valence-corrected chi connectivity index (χ0v) is 11.7. The van der Waals surface area contributed by atoms with Crippen molar-refractivity contribution in [3.8, 4) is 0 Å². The van der Waals surface area contributed by atoms with E-state index in [9.17, 15) is 14.0 Å². The van der Waals surface area contributed by atoms with Crippen LogP contribution >= 0.6 is 11.6 Å². The van der Waals surface area contributed by atoms with Gasteiger partial charge < -0.3 is 10.4 Å². The quantitative estimate of drug-likeness (QED) is 0.901. The second-order valence-electron chi connectivity index (χ2n) is 5.24. The highest BCUT2D eigenvalue weighted by atomic mass is 35.5. The standard InChI is InChI=1S/C14H15ClFNO3/c1-7-4-9(10(5-7)14(19)20)13(18)17-12-6-8(15)2-3-11(12)16/h2-3,6-7,9-10H,4-5H2,1H3,(H,17,18)(H,19,20)/t7?,9-,10+/m0/s1. The minimum Gasteiger partial charge on any atom is -0.481 e. The molecule has 0 bridgehead atoms. The van der Waals surface area contributed by atoms with Gasteiger partial charge in [0.2, 0.25) is 5.91 Å². The summed E-state index contributed by atoms with van der Waals surface area (Å²) in [4.78, 5) is 23.3. The number of rotatable bonds is 3. The van der Waals surface area contributed by atoms with Crippen molar-refractivity contribution < 1.29 is 19.1 Å². The SMILES string of the molecule is CC1C[C@H](C(=O)Nc2cc(Cl)ccc2F)[C@H](C(=O)O)C1. The van der Waals surface area contributed by atoms with E-state index in [2.05, 4.69) is 5.32 Å². The van der Waals surface area contributed by atoms with Crippen LogP contribution in [0.2, 0.25) is 5.02 Å². The molecular formula is C14H15ClFNO3. The number of anilines is 1. The average Bonchev–Trinajstić information content (AvgIpc) is 2.76. The Morgan fingerprint density at radius 3 is 2.65 bits per heavy atom. The van der Waals surface area contributed by atoms with E-state index in [4.69, 9.17) is 16.7 Å². The summed E-state index contributed by atoms with van der Waals surface area (Å²) in [6.07, 6.45) is 0.955. The van der Waals surface area contributed by atoms with Crippen LogP contribution in [0.4, 0.5) is 10.1 Å². The molecule has 1 aliphatic carbocycles. The summed E-state index contributed by atoms with van der Waals surface area (Å²) in [5.41, 5.74) is -0.0220. The molecule has 1 aromatic rings. The van der Waals surface area contributed by atoms with Gasteiger partial charge in [0.15, 0.2) is 0 Å². The molecule has 3 atom stereocenters. The van der Waals surface area contributed by atoms with Crippen LogP contribution in [0.15, 0.2) is 18.2 Å². The van der Waals surface area contributed by atoms with Gasteiger partial charge in [-0.2, -0.15) is 0 Å². The lowest BCUT2D eigenvalue weighted by Gasteiger charge is -2.16. The van der Waals surface area contributed by atoms with Crippen molar-refractivity contribution in [3.63, 3.8) is 0 Å². The molecule has 1 unspecified atom stereocenters. The van der Waals surface area contributed by atoms with Crippen molar-refractivity contribution in [1.82, 2.24) is 0 Å². The molecule has 108 valence electrons. The molecule has 0 radical (unpaired) electrons. The van der Waals surface area contributed by atoms with Crippen LogP contribution in [0, 0.1) is 23.6 Å². The highest BCUT2D eigenvalue weighted by molar-refractivity contribution is 6.30. The summed E-state index contributed by atoms with van der Waals surface area (Å²) in [7, 11) is 0. The maximum absolute atomic E-state index is 13.6. The van der Waals surface area contributed by atoms with Crippen LogP contribution in [0.3, 0.4) is 0 Å². The molecule has 2 rings (SSSR count). The summed E-state index contributed by atoms with van der Waals surface area (Å²) in [6, 6.07) is 3.84. The molecule has 0 saturated heterocycles. The number of carboxylic acid groups (broad SMARTS) is 1. The number of carbonyl (C=O) groups excluding carboxylic acids is 1. The number of aliphatic carboxylic acids is 1. The summed E-state index contributed by atoms with van der Waals surface area (Å²) < 4.78 is 13.6. The third-order valence-electron chi connectivity index (χ3n) is 3.64. The van der Waals surface area contributed by atoms with Gasteiger partial charge in [-0.05, 0) is 37.0 Å². The molecule has 1 saturated carbocycles. The summed E-state index contributed by atoms with van der Waals surface area (Å²) in [6.45, 7) is 1.91. The van der Waals surface area contributed by atoms with E-state index in [1.165, 1.54) is 12.1 Å². The van der Waals surface area contributed by atoms with Crippen molar-refractivity contribution in [1.29, 1.82) is 0 Å². The van der Waals surface area contributed by atoms with Gasteiger partial charge in [-0.15, -0.1) is 0 Å². The minimum absolute atomic E-state index is 0.0220. The molecule has 0 aromatic heterocycles. The fraction of sp³-hybridized carbons (Fsp3) is 0.429. The van der Waals surface area contributed by atoms with Gasteiger partial charge in [-0.1, -0.05) is 18.5 Å². The van der Waals surface area contributed by atoms with Crippen LogP contribution in [0.1, 0.15) is 19.8 Å². The maximum Gasteiger partial charge on any atom is 0.307 e. The molecule has 1 aromatic carbocycles. The lowest BCUT2D eigenvalue weighted by molar-refractivity contribution is -0.145. The van der Waals surface area contributed by atoms with Crippen LogP contribution in [0.5, 0.6) is 0 Å². The van der Waals surface area contributed by atoms with Crippen LogP contribution < -0.4 is 5.32 Å². The van der Waals surface area contributed by atoms with Gasteiger partial charge in [-0.25, -0.2) is 4.39 Å². The average molecular weight is 300 g/mol. The largest absolute Gasteiger partial charge is 0.481 e. The fourth-order valence-corrected chi connectivity index (χ4v) is 2.85. The number of halogens is 2. The lowest BCUT2D eigenvalue weighted by Crippen LogP contribution is -2.30. The normalized spacial score (nSPS) is 25.4. The number of amides is 1. The van der Waals surface area contributed by atoms with E-state index in [0.29, 0.717) is 17.9 Å². The van der Waals surface area contributed by atoms with Gasteiger partial charge >= 0.3 is 5.97 Å². The number of hydrogen-bond acceptors (Lipinski definition) is 2. The predicted molar refractivity (Wildman–Crippen MR) is 73.1 cm³/mol.